The van der Waals surface area contributed by atoms with Crippen LogP contribution in [0.5, 0.6) is 17.2 Å². The summed E-state index contributed by atoms with van der Waals surface area (Å²) in [5, 5.41) is 0. The van der Waals surface area contributed by atoms with E-state index >= 15 is 0 Å². The summed E-state index contributed by atoms with van der Waals surface area (Å²) in [5.41, 5.74) is 1.09. The molecular weight excluding hydrogens is 456 g/mol. The number of likely N-dealkylation sites (N-methyl/N-ethyl adjacent to an activating group) is 1. The van der Waals surface area contributed by atoms with E-state index in [1.807, 2.05) is 6.07 Å². The summed E-state index contributed by atoms with van der Waals surface area (Å²) < 4.78 is 44.1. The Morgan fingerprint density at radius 1 is 0.794 bits per heavy atom. The number of carbonyl (C=O) groups is 1. The second kappa shape index (κ2) is 10.9. The largest absolute Gasteiger partial charge is 0.495 e. The molecule has 34 heavy (non-hydrogen) atoms. The Morgan fingerprint density at radius 2 is 1.41 bits per heavy atom. The van der Waals surface area contributed by atoms with Gasteiger partial charge in [-0.2, -0.15) is 0 Å². The quantitative estimate of drug-likeness (QED) is 0.437. The molecule has 0 spiro atoms. The first-order valence-corrected chi connectivity index (χ1v) is 11.9. The van der Waals surface area contributed by atoms with Crippen molar-refractivity contribution in [1.82, 2.24) is 4.90 Å². The molecule has 8 nitrogen and oxygen atoms in total. The van der Waals surface area contributed by atoms with E-state index in [4.69, 9.17) is 14.2 Å². The van der Waals surface area contributed by atoms with Crippen LogP contribution < -0.4 is 18.5 Å². The number of hydrogen-bond acceptors (Lipinski definition) is 6. The maximum absolute atomic E-state index is 13.5. The van der Waals surface area contributed by atoms with Crippen LogP contribution >= 0.6 is 0 Å². The number of rotatable bonds is 10. The number of nitrogens with zero attached hydrogens (tertiary/aromatic N) is 2. The van der Waals surface area contributed by atoms with Crippen molar-refractivity contribution >= 4 is 21.6 Å². The van der Waals surface area contributed by atoms with E-state index in [1.54, 1.807) is 68.8 Å². The van der Waals surface area contributed by atoms with Crippen LogP contribution in [-0.2, 0) is 21.4 Å². The van der Waals surface area contributed by atoms with Crippen molar-refractivity contribution < 1.29 is 27.4 Å². The number of anilines is 1. The minimum Gasteiger partial charge on any atom is -0.495 e. The highest BCUT2D eigenvalue weighted by Gasteiger charge is 2.30. The topological polar surface area (TPSA) is 85.4 Å². The van der Waals surface area contributed by atoms with E-state index in [9.17, 15) is 13.2 Å². The van der Waals surface area contributed by atoms with Gasteiger partial charge in [-0.3, -0.25) is 9.10 Å². The molecule has 180 valence electrons. The second-order valence-electron chi connectivity index (χ2n) is 7.44. The fraction of sp³-hybridized carbons (Fsp3) is 0.240. The van der Waals surface area contributed by atoms with Gasteiger partial charge in [-0.15, -0.1) is 0 Å². The van der Waals surface area contributed by atoms with Crippen LogP contribution in [0.25, 0.3) is 0 Å². The first-order chi connectivity index (χ1) is 16.3. The number of benzene rings is 3. The molecule has 1 amide bonds. The summed E-state index contributed by atoms with van der Waals surface area (Å²) in [7, 11) is 2.12. The summed E-state index contributed by atoms with van der Waals surface area (Å²) in [6.07, 6.45) is 0. The first kappa shape index (κ1) is 24.9. The molecule has 0 unspecified atom stereocenters. The summed E-state index contributed by atoms with van der Waals surface area (Å²) in [6, 6.07) is 20.1. The highest BCUT2D eigenvalue weighted by Crippen LogP contribution is 2.32. The minimum atomic E-state index is -4.04. The Kier molecular flexibility index (Phi) is 8.01. The molecular formula is C25H28N2O6S. The zero-order valence-corrected chi connectivity index (χ0v) is 20.4. The zero-order valence-electron chi connectivity index (χ0n) is 19.6. The number of carbonyl (C=O) groups excluding carboxylic acids is 1. The van der Waals surface area contributed by atoms with E-state index in [2.05, 4.69) is 0 Å². The van der Waals surface area contributed by atoms with Gasteiger partial charge in [-0.25, -0.2) is 8.42 Å². The van der Waals surface area contributed by atoms with Crippen LogP contribution in [0, 0.1) is 0 Å². The van der Waals surface area contributed by atoms with Crippen LogP contribution in [0.1, 0.15) is 5.56 Å². The lowest BCUT2D eigenvalue weighted by atomic mass is 10.2. The van der Waals surface area contributed by atoms with Crippen molar-refractivity contribution in [3.05, 3.63) is 78.4 Å². The van der Waals surface area contributed by atoms with Crippen molar-refractivity contribution in [1.29, 1.82) is 0 Å². The van der Waals surface area contributed by atoms with E-state index < -0.39 is 16.6 Å². The number of ether oxygens (including phenoxy) is 3. The second-order valence-corrected chi connectivity index (χ2v) is 9.30. The lowest BCUT2D eigenvalue weighted by Gasteiger charge is -2.28. The van der Waals surface area contributed by atoms with Crippen LogP contribution in [0.15, 0.2) is 77.7 Å². The van der Waals surface area contributed by atoms with Gasteiger partial charge in [-0.1, -0.05) is 36.4 Å². The average molecular weight is 485 g/mol. The third kappa shape index (κ3) is 5.43. The highest BCUT2D eigenvalue weighted by molar-refractivity contribution is 7.92. The minimum absolute atomic E-state index is 0.0799. The normalized spacial score (nSPS) is 10.9. The molecule has 9 heteroatoms. The van der Waals surface area contributed by atoms with Crippen molar-refractivity contribution in [2.24, 2.45) is 0 Å². The molecule has 3 aromatic carbocycles. The maximum Gasteiger partial charge on any atom is 0.264 e. The summed E-state index contributed by atoms with van der Waals surface area (Å²) in [6.45, 7) is -0.147. The van der Waals surface area contributed by atoms with E-state index in [0.29, 0.717) is 17.2 Å². The molecule has 3 aromatic rings. The average Bonchev–Trinajstić information content (AvgIpc) is 2.87. The molecule has 0 radical (unpaired) electrons. The standard InChI is InChI=1S/C25H28N2O6S/c1-26(17-19-14-15-23(32-3)24(16-19)33-4)25(28)18-27(21-12-8-9-13-22(21)31-2)34(29,30)20-10-6-5-7-11-20/h5-16H,17-18H2,1-4H3. The first-order valence-electron chi connectivity index (χ1n) is 10.5. The number of para-hydroxylation sites is 2. The van der Waals surface area contributed by atoms with Gasteiger partial charge >= 0.3 is 0 Å². The van der Waals surface area contributed by atoms with E-state index in [-0.39, 0.29) is 23.0 Å². The van der Waals surface area contributed by atoms with Gasteiger partial charge in [0.1, 0.15) is 12.3 Å². The molecule has 0 aliphatic carbocycles. The maximum atomic E-state index is 13.5. The molecule has 0 bridgehead atoms. The Hall–Kier alpha value is -3.72. The SMILES string of the molecule is COc1ccc(CN(C)C(=O)CN(c2ccccc2OC)S(=O)(=O)c2ccccc2)cc1OC. The van der Waals surface area contributed by atoms with Gasteiger partial charge < -0.3 is 19.1 Å². The van der Waals surface area contributed by atoms with Crippen molar-refractivity contribution in [3.63, 3.8) is 0 Å². The predicted octanol–water partition coefficient (Wildman–Crippen LogP) is 3.57. The lowest BCUT2D eigenvalue weighted by molar-refractivity contribution is -0.128. The molecule has 0 heterocycles. The Bertz CT molecular complexity index is 1230. The number of methoxy groups -OCH3 is 3. The Morgan fingerprint density at radius 3 is 2.06 bits per heavy atom. The molecule has 0 aliphatic heterocycles. The molecule has 3 rings (SSSR count). The molecule has 0 aliphatic rings. The summed E-state index contributed by atoms with van der Waals surface area (Å²) in [5.74, 6) is 1.08. The van der Waals surface area contributed by atoms with Crippen LogP contribution in [0.4, 0.5) is 5.69 Å². The smallest absolute Gasteiger partial charge is 0.264 e. The van der Waals surface area contributed by atoms with E-state index in [0.717, 1.165) is 9.87 Å². The number of hydrogen-bond donors (Lipinski definition) is 0. The molecule has 0 fully saturated rings. The lowest BCUT2D eigenvalue weighted by Crippen LogP contribution is -2.41. The van der Waals surface area contributed by atoms with Gasteiger partial charge in [0.2, 0.25) is 5.91 Å². The molecule has 0 saturated heterocycles. The van der Waals surface area contributed by atoms with Gasteiger partial charge in [0.15, 0.2) is 11.5 Å². The fourth-order valence-electron chi connectivity index (χ4n) is 3.44. The molecule has 0 saturated carbocycles. The van der Waals surface area contributed by atoms with Gasteiger partial charge in [-0.05, 0) is 42.0 Å². The fourth-order valence-corrected chi connectivity index (χ4v) is 4.89. The summed E-state index contributed by atoms with van der Waals surface area (Å²) >= 11 is 0. The van der Waals surface area contributed by atoms with Crippen LogP contribution in [0.3, 0.4) is 0 Å². The van der Waals surface area contributed by atoms with E-state index in [1.165, 1.54) is 31.3 Å². The van der Waals surface area contributed by atoms with Gasteiger partial charge in [0.05, 0.1) is 31.9 Å². The third-order valence-corrected chi connectivity index (χ3v) is 7.03. The van der Waals surface area contributed by atoms with Crippen molar-refractivity contribution in [2.75, 3.05) is 39.2 Å². The van der Waals surface area contributed by atoms with Gasteiger partial charge in [0.25, 0.3) is 10.0 Å². The zero-order chi connectivity index (χ0) is 24.7. The Balaban J connectivity index is 1.91. The third-order valence-electron chi connectivity index (χ3n) is 5.26. The monoisotopic (exact) mass is 484 g/mol. The van der Waals surface area contributed by atoms with Crippen LogP contribution in [-0.4, -0.2) is 54.1 Å². The number of amides is 1. The number of sulfonamides is 1. The van der Waals surface area contributed by atoms with Crippen molar-refractivity contribution in [2.45, 2.75) is 11.4 Å². The molecule has 0 atom stereocenters. The molecule has 0 N–H and O–H groups in total. The molecule has 0 aromatic heterocycles. The van der Waals surface area contributed by atoms with Crippen LogP contribution in [0.2, 0.25) is 0 Å². The summed E-state index contributed by atoms with van der Waals surface area (Å²) in [4.78, 5) is 14.8. The predicted molar refractivity (Wildman–Crippen MR) is 130 cm³/mol. The Labute approximate surface area is 200 Å². The highest BCUT2D eigenvalue weighted by atomic mass is 32.2. The van der Waals surface area contributed by atoms with Gasteiger partial charge in [0, 0.05) is 13.6 Å². The van der Waals surface area contributed by atoms with Crippen molar-refractivity contribution in [3.8, 4) is 17.2 Å².